The smallest absolute Gasteiger partial charge is 0.283 e. The van der Waals surface area contributed by atoms with Gasteiger partial charge in [0, 0.05) is 6.42 Å². The van der Waals surface area contributed by atoms with Crippen molar-refractivity contribution in [2.75, 3.05) is 19.8 Å². The van der Waals surface area contributed by atoms with Crippen molar-refractivity contribution in [3.63, 3.8) is 0 Å². The van der Waals surface area contributed by atoms with E-state index >= 15 is 0 Å². The van der Waals surface area contributed by atoms with Crippen LogP contribution in [0.4, 0.5) is 0 Å². The van der Waals surface area contributed by atoms with Gasteiger partial charge >= 0.3 is 0 Å². The fraction of sp³-hybridized carbons (Fsp3) is 1.00. The fourth-order valence-electron chi connectivity index (χ4n) is 1.25. The molecule has 2 saturated heterocycles. The second-order valence-electron chi connectivity index (χ2n) is 2.33. The first-order valence-electron chi connectivity index (χ1n) is 3.33. The van der Waals surface area contributed by atoms with Gasteiger partial charge in [-0.15, -0.1) is 0 Å². The van der Waals surface area contributed by atoms with Gasteiger partial charge in [-0.2, -0.15) is 0 Å². The average molecular weight is 130 g/mol. The van der Waals surface area contributed by atoms with E-state index < -0.39 is 5.97 Å². The third-order valence-electron chi connectivity index (χ3n) is 1.68. The Morgan fingerprint density at radius 2 is 1.56 bits per heavy atom. The SMILES string of the molecule is C1COC2(C1)OCCO2. The van der Waals surface area contributed by atoms with E-state index in [1.54, 1.807) is 0 Å². The molecular formula is C6H10O3. The monoisotopic (exact) mass is 130 g/mol. The maximum absolute atomic E-state index is 5.26. The highest BCUT2D eigenvalue weighted by Gasteiger charge is 2.41. The summed E-state index contributed by atoms with van der Waals surface area (Å²) in [5, 5.41) is 0. The minimum Gasteiger partial charge on any atom is -0.327 e. The van der Waals surface area contributed by atoms with Crippen molar-refractivity contribution in [1.82, 2.24) is 0 Å². The van der Waals surface area contributed by atoms with E-state index in [2.05, 4.69) is 0 Å². The van der Waals surface area contributed by atoms with Crippen LogP contribution in [0.1, 0.15) is 12.8 Å². The van der Waals surface area contributed by atoms with Crippen molar-refractivity contribution in [3.05, 3.63) is 0 Å². The van der Waals surface area contributed by atoms with Gasteiger partial charge in [-0.3, -0.25) is 0 Å². The van der Waals surface area contributed by atoms with Crippen LogP contribution in [-0.4, -0.2) is 25.8 Å². The first kappa shape index (κ1) is 5.65. The highest BCUT2D eigenvalue weighted by Crippen LogP contribution is 2.31. The van der Waals surface area contributed by atoms with Crippen LogP contribution < -0.4 is 0 Å². The minimum absolute atomic E-state index is 0.611. The van der Waals surface area contributed by atoms with Gasteiger partial charge < -0.3 is 14.2 Å². The van der Waals surface area contributed by atoms with Gasteiger partial charge in [0.05, 0.1) is 19.8 Å². The molecule has 3 nitrogen and oxygen atoms in total. The highest BCUT2D eigenvalue weighted by atomic mass is 16.9. The van der Waals surface area contributed by atoms with E-state index in [0.29, 0.717) is 13.2 Å². The molecule has 2 aliphatic rings. The zero-order valence-electron chi connectivity index (χ0n) is 5.26. The second-order valence-corrected chi connectivity index (χ2v) is 2.33. The molecule has 1 spiro atoms. The zero-order chi connectivity index (χ0) is 6.16. The van der Waals surface area contributed by atoms with Crippen molar-refractivity contribution >= 4 is 0 Å². The van der Waals surface area contributed by atoms with Crippen LogP contribution in [0.3, 0.4) is 0 Å². The van der Waals surface area contributed by atoms with Crippen molar-refractivity contribution in [2.24, 2.45) is 0 Å². The first-order valence-corrected chi connectivity index (χ1v) is 3.33. The lowest BCUT2D eigenvalue weighted by atomic mass is 10.3. The van der Waals surface area contributed by atoms with Gasteiger partial charge in [-0.25, -0.2) is 0 Å². The quantitative estimate of drug-likeness (QED) is 0.478. The molecule has 2 aliphatic heterocycles. The Morgan fingerprint density at radius 3 is 2.11 bits per heavy atom. The molecule has 0 aromatic rings. The lowest BCUT2D eigenvalue weighted by molar-refractivity contribution is -0.307. The molecule has 52 valence electrons. The zero-order valence-corrected chi connectivity index (χ0v) is 5.26. The Kier molecular flexibility index (Phi) is 1.22. The summed E-state index contributed by atoms with van der Waals surface area (Å²) >= 11 is 0. The predicted octanol–water partition coefficient (Wildman–Crippen LogP) is 0.497. The third-order valence-corrected chi connectivity index (χ3v) is 1.68. The molecule has 0 radical (unpaired) electrons. The maximum atomic E-state index is 5.26. The van der Waals surface area contributed by atoms with Gasteiger partial charge in [0.1, 0.15) is 0 Å². The Labute approximate surface area is 53.9 Å². The van der Waals surface area contributed by atoms with E-state index in [1.165, 1.54) is 0 Å². The number of hydrogen-bond acceptors (Lipinski definition) is 3. The summed E-state index contributed by atoms with van der Waals surface area (Å²) in [4.78, 5) is 0. The summed E-state index contributed by atoms with van der Waals surface area (Å²) < 4.78 is 15.8. The van der Waals surface area contributed by atoms with Gasteiger partial charge in [0.2, 0.25) is 0 Å². The van der Waals surface area contributed by atoms with Crippen molar-refractivity contribution in [3.8, 4) is 0 Å². The van der Waals surface area contributed by atoms with Gasteiger partial charge in [0.15, 0.2) is 0 Å². The normalized spacial score (nSPS) is 32.0. The average Bonchev–Trinajstić information content (AvgIpc) is 2.45. The number of ether oxygens (including phenoxy) is 3. The molecule has 0 aromatic heterocycles. The standard InChI is InChI=1S/C6H10O3/c1-2-6(7-3-1)8-4-5-9-6/h1-5H2. The topological polar surface area (TPSA) is 27.7 Å². The molecule has 0 saturated carbocycles. The van der Waals surface area contributed by atoms with E-state index in [4.69, 9.17) is 14.2 Å². The maximum Gasteiger partial charge on any atom is 0.283 e. The third kappa shape index (κ3) is 0.852. The summed E-state index contributed by atoms with van der Waals surface area (Å²) in [6.45, 7) is 2.14. The summed E-state index contributed by atoms with van der Waals surface area (Å²) in [6.07, 6.45) is 1.95. The summed E-state index contributed by atoms with van der Waals surface area (Å²) in [7, 11) is 0. The first-order chi connectivity index (χ1) is 4.41. The molecular weight excluding hydrogens is 120 g/mol. The second kappa shape index (κ2) is 1.94. The summed E-state index contributed by atoms with van der Waals surface area (Å²) in [5.41, 5.74) is 0. The van der Waals surface area contributed by atoms with Crippen LogP contribution in [0, 0.1) is 0 Å². The summed E-state index contributed by atoms with van der Waals surface area (Å²) in [5.74, 6) is -0.611. The van der Waals surface area contributed by atoms with Crippen molar-refractivity contribution < 1.29 is 14.2 Å². The van der Waals surface area contributed by atoms with E-state index in [9.17, 15) is 0 Å². The lowest BCUT2D eigenvalue weighted by Gasteiger charge is -2.18. The largest absolute Gasteiger partial charge is 0.327 e. The van der Waals surface area contributed by atoms with Crippen LogP contribution in [0.25, 0.3) is 0 Å². The van der Waals surface area contributed by atoms with Crippen molar-refractivity contribution in [1.29, 1.82) is 0 Å². The Morgan fingerprint density at radius 1 is 0.889 bits per heavy atom. The molecule has 0 aromatic carbocycles. The van der Waals surface area contributed by atoms with E-state index in [0.717, 1.165) is 19.4 Å². The molecule has 0 aliphatic carbocycles. The van der Waals surface area contributed by atoms with E-state index in [-0.39, 0.29) is 0 Å². The molecule has 9 heavy (non-hydrogen) atoms. The molecule has 0 unspecified atom stereocenters. The Bertz CT molecular complexity index is 83.4. The molecule has 0 atom stereocenters. The molecule has 0 amide bonds. The van der Waals surface area contributed by atoms with E-state index in [1.807, 2.05) is 0 Å². The van der Waals surface area contributed by atoms with Gasteiger partial charge in [0.25, 0.3) is 5.97 Å². The Hall–Kier alpha value is -0.120. The molecule has 2 fully saturated rings. The van der Waals surface area contributed by atoms with Crippen LogP contribution in [-0.2, 0) is 14.2 Å². The summed E-state index contributed by atoms with van der Waals surface area (Å²) in [6, 6.07) is 0. The van der Waals surface area contributed by atoms with Crippen LogP contribution in [0.2, 0.25) is 0 Å². The molecule has 0 N–H and O–H groups in total. The molecule has 0 bridgehead atoms. The van der Waals surface area contributed by atoms with Crippen LogP contribution >= 0.6 is 0 Å². The highest BCUT2D eigenvalue weighted by molar-refractivity contribution is 4.68. The molecule has 3 heteroatoms. The predicted molar refractivity (Wildman–Crippen MR) is 29.8 cm³/mol. The molecule has 2 rings (SSSR count). The van der Waals surface area contributed by atoms with Crippen LogP contribution in [0.15, 0.2) is 0 Å². The Balaban J connectivity index is 2.04. The molecule has 2 heterocycles. The van der Waals surface area contributed by atoms with Gasteiger partial charge in [-0.1, -0.05) is 0 Å². The van der Waals surface area contributed by atoms with Crippen LogP contribution in [0.5, 0.6) is 0 Å². The fourth-order valence-corrected chi connectivity index (χ4v) is 1.25. The lowest BCUT2D eigenvalue weighted by Crippen LogP contribution is -2.27. The number of rotatable bonds is 0. The van der Waals surface area contributed by atoms with Crippen molar-refractivity contribution in [2.45, 2.75) is 18.8 Å². The minimum atomic E-state index is -0.611. The van der Waals surface area contributed by atoms with Gasteiger partial charge in [-0.05, 0) is 6.42 Å². The number of hydrogen-bond donors (Lipinski definition) is 0.